The summed E-state index contributed by atoms with van der Waals surface area (Å²) in [4.78, 5) is 16.1. The van der Waals surface area contributed by atoms with E-state index in [0.717, 1.165) is 26.9 Å². The third-order valence-corrected chi connectivity index (χ3v) is 4.55. The molecule has 0 saturated heterocycles. The molecule has 0 N–H and O–H groups in total. The zero-order chi connectivity index (χ0) is 14.8. The van der Waals surface area contributed by atoms with Crippen LogP contribution in [0.3, 0.4) is 0 Å². The molecule has 0 unspecified atom stereocenters. The molecular weight excluding hydrogens is 350 g/mol. The first-order chi connectivity index (χ1) is 10.2. The summed E-state index contributed by atoms with van der Waals surface area (Å²) in [5.74, 6) is -0.0364. The lowest BCUT2D eigenvalue weighted by atomic mass is 10.2. The van der Waals surface area contributed by atoms with Gasteiger partial charge in [-0.25, -0.2) is 9.78 Å². The molecule has 3 aromatic rings. The number of carbonyl (C=O) groups excluding carboxylic acids is 1. The largest absolute Gasteiger partial charge is 0.421 e. The molecule has 0 bridgehead atoms. The summed E-state index contributed by atoms with van der Waals surface area (Å²) in [6.45, 7) is 3.42. The zero-order valence-corrected chi connectivity index (χ0v) is 13.3. The van der Waals surface area contributed by atoms with Crippen molar-refractivity contribution in [3.63, 3.8) is 0 Å². The van der Waals surface area contributed by atoms with Crippen LogP contribution in [0.15, 0.2) is 59.6 Å². The Balaban J connectivity index is 2.15. The number of para-hydroxylation sites is 2. The Kier molecular flexibility index (Phi) is 3.86. The average Bonchev–Trinajstić information content (AvgIpc) is 2.92. The Hall–Kier alpha value is -1.98. The van der Waals surface area contributed by atoms with Crippen LogP contribution in [-0.4, -0.2) is 11.0 Å². The van der Waals surface area contributed by atoms with Gasteiger partial charge >= 0.3 is 5.97 Å². The Morgan fingerprint density at radius 2 is 2.05 bits per heavy atom. The number of ether oxygens (including phenoxy) is 1. The number of hydrogen-bond donors (Lipinski definition) is 0. The highest BCUT2D eigenvalue weighted by Crippen LogP contribution is 2.39. The molecule has 0 fully saturated rings. The first-order valence-corrected chi connectivity index (χ1v) is 7.78. The number of carbonyl (C=O) groups is 1. The molecule has 0 amide bonds. The van der Waals surface area contributed by atoms with E-state index < -0.39 is 5.97 Å². The van der Waals surface area contributed by atoms with Gasteiger partial charge in [0.1, 0.15) is 5.01 Å². The first kappa shape index (κ1) is 14.0. The summed E-state index contributed by atoms with van der Waals surface area (Å²) in [5, 5.41) is 0.810. The molecule has 0 atom stereocenters. The number of thiazole rings is 1. The predicted octanol–water partition coefficient (Wildman–Crippen LogP) is 4.82. The fraction of sp³-hybridized carbons (Fsp3) is 0. The minimum Gasteiger partial charge on any atom is -0.421 e. The second-order valence-corrected chi connectivity index (χ2v) is 6.11. The van der Waals surface area contributed by atoms with Crippen molar-refractivity contribution in [1.82, 2.24) is 4.98 Å². The highest BCUT2D eigenvalue weighted by atomic mass is 79.9. The third-order valence-electron chi connectivity index (χ3n) is 2.86. The Labute approximate surface area is 134 Å². The molecule has 1 aromatic heterocycles. The van der Waals surface area contributed by atoms with Crippen LogP contribution in [0.25, 0.3) is 20.8 Å². The van der Waals surface area contributed by atoms with Crippen LogP contribution in [-0.2, 0) is 4.79 Å². The molecule has 3 nitrogen and oxygen atoms in total. The summed E-state index contributed by atoms with van der Waals surface area (Å²) in [6.07, 6.45) is 1.14. The molecule has 0 saturated carbocycles. The van der Waals surface area contributed by atoms with Crippen molar-refractivity contribution in [1.29, 1.82) is 0 Å². The molecule has 3 rings (SSSR count). The van der Waals surface area contributed by atoms with Gasteiger partial charge in [-0.15, -0.1) is 11.3 Å². The van der Waals surface area contributed by atoms with Crippen LogP contribution < -0.4 is 4.74 Å². The van der Waals surface area contributed by atoms with Gasteiger partial charge in [0.05, 0.1) is 20.3 Å². The van der Waals surface area contributed by atoms with E-state index in [-0.39, 0.29) is 0 Å². The quantitative estimate of drug-likeness (QED) is 0.382. The van der Waals surface area contributed by atoms with Gasteiger partial charge in [0.15, 0.2) is 5.75 Å². The van der Waals surface area contributed by atoms with Crippen LogP contribution in [0.4, 0.5) is 0 Å². The van der Waals surface area contributed by atoms with Gasteiger partial charge in [-0.1, -0.05) is 24.8 Å². The first-order valence-electron chi connectivity index (χ1n) is 6.18. The molecule has 0 aliphatic rings. The number of nitrogens with zero attached hydrogens (tertiary/aromatic N) is 1. The zero-order valence-electron chi connectivity index (χ0n) is 10.9. The third kappa shape index (κ3) is 2.75. The van der Waals surface area contributed by atoms with E-state index in [1.54, 1.807) is 11.3 Å². The summed E-state index contributed by atoms with van der Waals surface area (Å²) in [7, 11) is 0. The van der Waals surface area contributed by atoms with E-state index in [9.17, 15) is 4.79 Å². The number of rotatable bonds is 3. The summed E-state index contributed by atoms with van der Waals surface area (Å²) in [6, 6.07) is 13.5. The Morgan fingerprint density at radius 3 is 2.81 bits per heavy atom. The maximum atomic E-state index is 11.5. The second kappa shape index (κ2) is 5.79. The van der Waals surface area contributed by atoms with E-state index in [1.165, 1.54) is 0 Å². The number of hydrogen-bond acceptors (Lipinski definition) is 4. The summed E-state index contributed by atoms with van der Waals surface area (Å²) < 4.78 is 7.13. The molecule has 0 aliphatic heterocycles. The van der Waals surface area contributed by atoms with Crippen molar-refractivity contribution in [2.45, 2.75) is 0 Å². The maximum Gasteiger partial charge on any atom is 0.335 e. The fourth-order valence-corrected chi connectivity index (χ4v) is 3.35. The monoisotopic (exact) mass is 359 g/mol. The van der Waals surface area contributed by atoms with Gasteiger partial charge in [-0.05, 0) is 40.2 Å². The minimum atomic E-state index is -0.496. The van der Waals surface area contributed by atoms with E-state index in [2.05, 4.69) is 27.5 Å². The van der Waals surface area contributed by atoms with Crippen LogP contribution in [0.2, 0.25) is 0 Å². The molecule has 0 aliphatic carbocycles. The summed E-state index contributed by atoms with van der Waals surface area (Å²) >= 11 is 4.97. The van der Waals surface area contributed by atoms with Gasteiger partial charge in [0.2, 0.25) is 0 Å². The lowest BCUT2D eigenvalue weighted by molar-refractivity contribution is -0.128. The Morgan fingerprint density at radius 1 is 1.24 bits per heavy atom. The number of fused-ring (bicyclic) bond motifs is 1. The molecule has 0 radical (unpaired) electrons. The smallest absolute Gasteiger partial charge is 0.335 e. The normalized spacial score (nSPS) is 10.5. The Bertz CT molecular complexity index is 808. The number of halogens is 1. The van der Waals surface area contributed by atoms with E-state index in [4.69, 9.17) is 4.74 Å². The van der Waals surface area contributed by atoms with E-state index in [1.807, 2.05) is 42.5 Å². The molecule has 0 spiro atoms. The van der Waals surface area contributed by atoms with Crippen molar-refractivity contribution in [2.24, 2.45) is 0 Å². The van der Waals surface area contributed by atoms with Gasteiger partial charge in [0.25, 0.3) is 0 Å². The molecule has 1 heterocycles. The van der Waals surface area contributed by atoms with Crippen molar-refractivity contribution < 1.29 is 9.53 Å². The van der Waals surface area contributed by atoms with Gasteiger partial charge in [0, 0.05) is 6.08 Å². The minimum absolute atomic E-state index is 0.460. The molecule has 5 heteroatoms. The molecular formula is C16H10BrNO2S. The van der Waals surface area contributed by atoms with Gasteiger partial charge in [-0.2, -0.15) is 0 Å². The lowest BCUT2D eigenvalue weighted by Crippen LogP contribution is -2.04. The lowest BCUT2D eigenvalue weighted by Gasteiger charge is -2.08. The fourth-order valence-electron chi connectivity index (χ4n) is 1.91. The number of aromatic nitrogens is 1. The average molecular weight is 360 g/mol. The van der Waals surface area contributed by atoms with Crippen LogP contribution in [0, 0.1) is 0 Å². The van der Waals surface area contributed by atoms with Gasteiger partial charge < -0.3 is 4.74 Å². The van der Waals surface area contributed by atoms with Crippen molar-refractivity contribution in [2.75, 3.05) is 0 Å². The van der Waals surface area contributed by atoms with Crippen LogP contribution >= 0.6 is 27.3 Å². The second-order valence-electron chi connectivity index (χ2n) is 4.23. The number of esters is 1. The molecule has 2 aromatic carbocycles. The van der Waals surface area contributed by atoms with Crippen molar-refractivity contribution in [3.05, 3.63) is 59.6 Å². The topological polar surface area (TPSA) is 39.2 Å². The van der Waals surface area contributed by atoms with E-state index >= 15 is 0 Å². The summed E-state index contributed by atoms with van der Waals surface area (Å²) in [5.41, 5.74) is 1.71. The van der Waals surface area contributed by atoms with Crippen LogP contribution in [0.1, 0.15) is 0 Å². The highest BCUT2D eigenvalue weighted by molar-refractivity contribution is 9.10. The number of benzene rings is 2. The van der Waals surface area contributed by atoms with Crippen LogP contribution in [0.5, 0.6) is 5.75 Å². The SMILES string of the molecule is C=CC(=O)Oc1c(Br)cccc1-c1nc2ccccc2s1. The van der Waals surface area contributed by atoms with Crippen molar-refractivity contribution in [3.8, 4) is 16.3 Å². The highest BCUT2D eigenvalue weighted by Gasteiger charge is 2.16. The molecule has 104 valence electrons. The van der Waals surface area contributed by atoms with Crippen molar-refractivity contribution >= 4 is 43.5 Å². The van der Waals surface area contributed by atoms with Gasteiger partial charge in [-0.3, -0.25) is 0 Å². The standard InChI is InChI=1S/C16H10BrNO2S/c1-2-14(19)20-15-10(6-5-7-11(15)17)16-18-12-8-3-4-9-13(12)21-16/h2-9H,1H2. The maximum absolute atomic E-state index is 11.5. The van der Waals surface area contributed by atoms with E-state index in [0.29, 0.717) is 10.2 Å². The predicted molar refractivity (Wildman–Crippen MR) is 88.6 cm³/mol. The molecule has 21 heavy (non-hydrogen) atoms.